The average molecular weight is 408 g/mol. The zero-order chi connectivity index (χ0) is 19.3. The van der Waals surface area contributed by atoms with Crippen LogP contribution in [0.1, 0.15) is 36.6 Å². The molecule has 0 unspecified atom stereocenters. The third-order valence-electron chi connectivity index (χ3n) is 3.90. The second-order valence-electron chi connectivity index (χ2n) is 5.87. The molecule has 0 atom stereocenters. The van der Waals surface area contributed by atoms with Crippen LogP contribution in [0.3, 0.4) is 0 Å². The van der Waals surface area contributed by atoms with Crippen LogP contribution in [-0.2, 0) is 4.79 Å². The van der Waals surface area contributed by atoms with Gasteiger partial charge in [0.1, 0.15) is 10.0 Å². The molecule has 1 aromatic carbocycles. The number of nitrogens with two attached hydrogens (primary N) is 1. The molecule has 3 N–H and O–H groups in total. The van der Waals surface area contributed by atoms with E-state index in [9.17, 15) is 13.2 Å². The predicted octanol–water partition coefficient (Wildman–Crippen LogP) is 4.48. The second-order valence-corrected chi connectivity index (χ2v) is 7.31. The smallest absolute Gasteiger partial charge is 0.475 e. The van der Waals surface area contributed by atoms with Gasteiger partial charge >= 0.3 is 12.1 Å². The van der Waals surface area contributed by atoms with Crippen LogP contribution < -0.4 is 5.73 Å². The van der Waals surface area contributed by atoms with Gasteiger partial charge in [0.05, 0.1) is 0 Å². The van der Waals surface area contributed by atoms with E-state index in [1.54, 1.807) is 11.3 Å². The molecular weight excluding hydrogens is 391 g/mol. The summed E-state index contributed by atoms with van der Waals surface area (Å²) in [6.07, 6.45) is -0.617. The number of rotatable bonds is 2. The molecule has 1 saturated carbocycles. The van der Waals surface area contributed by atoms with Gasteiger partial charge in [-0.3, -0.25) is 0 Å². The molecule has 1 aromatic heterocycles. The van der Waals surface area contributed by atoms with Crippen molar-refractivity contribution in [3.05, 3.63) is 34.3 Å². The van der Waals surface area contributed by atoms with Crippen LogP contribution in [0.2, 0.25) is 5.02 Å². The van der Waals surface area contributed by atoms with E-state index in [1.807, 2.05) is 24.3 Å². The number of aromatic nitrogens is 2. The van der Waals surface area contributed by atoms with E-state index in [0.717, 1.165) is 46.3 Å². The third kappa shape index (κ3) is 5.93. The van der Waals surface area contributed by atoms with Crippen molar-refractivity contribution in [2.24, 2.45) is 5.73 Å². The van der Waals surface area contributed by atoms with Crippen molar-refractivity contribution in [2.45, 2.75) is 43.8 Å². The molecule has 0 radical (unpaired) electrons. The first-order chi connectivity index (χ1) is 12.2. The van der Waals surface area contributed by atoms with Crippen molar-refractivity contribution in [1.82, 2.24) is 10.2 Å². The highest BCUT2D eigenvalue weighted by Gasteiger charge is 2.38. The van der Waals surface area contributed by atoms with E-state index >= 15 is 0 Å². The summed E-state index contributed by atoms with van der Waals surface area (Å²) < 4.78 is 31.7. The summed E-state index contributed by atoms with van der Waals surface area (Å²) in [6, 6.07) is 8.13. The number of benzene rings is 1. The molecule has 1 fully saturated rings. The Kier molecular flexibility index (Phi) is 6.96. The molecule has 1 aliphatic rings. The normalized spacial score (nSPS) is 20.2. The number of carbonyl (C=O) groups is 1. The summed E-state index contributed by atoms with van der Waals surface area (Å²) >= 11 is 7.59. The van der Waals surface area contributed by atoms with Crippen molar-refractivity contribution in [3.63, 3.8) is 0 Å². The Hall–Kier alpha value is -1.71. The highest BCUT2D eigenvalue weighted by Crippen LogP contribution is 2.36. The van der Waals surface area contributed by atoms with Crippen LogP contribution in [0.25, 0.3) is 10.6 Å². The van der Waals surface area contributed by atoms with Crippen LogP contribution in [0.15, 0.2) is 24.3 Å². The molecule has 0 aliphatic heterocycles. The number of carboxylic acid groups (broad SMARTS) is 1. The highest BCUT2D eigenvalue weighted by molar-refractivity contribution is 7.14. The molecule has 0 spiro atoms. The minimum atomic E-state index is -5.08. The molecule has 3 rings (SSSR count). The van der Waals surface area contributed by atoms with Crippen LogP contribution >= 0.6 is 22.9 Å². The first-order valence-corrected chi connectivity index (χ1v) is 9.01. The first-order valence-electron chi connectivity index (χ1n) is 7.82. The maximum absolute atomic E-state index is 10.6. The van der Waals surface area contributed by atoms with E-state index in [-0.39, 0.29) is 0 Å². The molecule has 0 bridgehead atoms. The SMILES string of the molecule is NC1CCC(c2nnc(-c3ccc(Cl)cc3)s2)CC1.O=C(O)C(F)(F)F. The summed E-state index contributed by atoms with van der Waals surface area (Å²) in [4.78, 5) is 8.90. The summed E-state index contributed by atoms with van der Waals surface area (Å²) in [5.41, 5.74) is 7.02. The number of hydrogen-bond acceptors (Lipinski definition) is 5. The lowest BCUT2D eigenvalue weighted by Gasteiger charge is -2.23. The molecule has 0 saturated heterocycles. The Morgan fingerprint density at radius 1 is 1.15 bits per heavy atom. The number of nitrogens with zero attached hydrogens (tertiary/aromatic N) is 2. The number of aliphatic carboxylic acids is 1. The van der Waals surface area contributed by atoms with Gasteiger partial charge in [0.2, 0.25) is 0 Å². The second kappa shape index (κ2) is 8.79. The number of alkyl halides is 3. The maximum Gasteiger partial charge on any atom is 0.490 e. The van der Waals surface area contributed by atoms with Crippen molar-refractivity contribution >= 4 is 28.9 Å². The topological polar surface area (TPSA) is 89.1 Å². The van der Waals surface area contributed by atoms with E-state index in [2.05, 4.69) is 10.2 Å². The van der Waals surface area contributed by atoms with Crippen molar-refractivity contribution in [3.8, 4) is 10.6 Å². The lowest BCUT2D eigenvalue weighted by molar-refractivity contribution is -0.192. The monoisotopic (exact) mass is 407 g/mol. The molecule has 1 heterocycles. The number of carboxylic acids is 1. The Labute approximate surface area is 157 Å². The van der Waals surface area contributed by atoms with Gasteiger partial charge in [-0.15, -0.1) is 10.2 Å². The Bertz CT molecular complexity index is 729. The van der Waals surface area contributed by atoms with Gasteiger partial charge in [0.15, 0.2) is 0 Å². The van der Waals surface area contributed by atoms with Gasteiger partial charge in [0, 0.05) is 22.5 Å². The lowest BCUT2D eigenvalue weighted by atomic mass is 9.87. The van der Waals surface area contributed by atoms with Gasteiger partial charge in [-0.2, -0.15) is 13.2 Å². The Morgan fingerprint density at radius 3 is 2.19 bits per heavy atom. The third-order valence-corrected chi connectivity index (χ3v) is 5.28. The molecule has 142 valence electrons. The van der Waals surface area contributed by atoms with E-state index < -0.39 is 12.1 Å². The van der Waals surface area contributed by atoms with Crippen LogP contribution in [-0.4, -0.2) is 33.5 Å². The summed E-state index contributed by atoms with van der Waals surface area (Å²) in [5.74, 6) is -2.22. The van der Waals surface area contributed by atoms with Crippen LogP contribution in [0.4, 0.5) is 13.2 Å². The molecule has 1 aliphatic carbocycles. The lowest BCUT2D eigenvalue weighted by Crippen LogP contribution is -2.25. The average Bonchev–Trinajstić information content (AvgIpc) is 3.06. The summed E-state index contributed by atoms with van der Waals surface area (Å²) in [6.45, 7) is 0. The van der Waals surface area contributed by atoms with E-state index in [1.165, 1.54) is 0 Å². The largest absolute Gasteiger partial charge is 0.490 e. The Balaban J connectivity index is 0.000000298. The maximum atomic E-state index is 10.6. The van der Waals surface area contributed by atoms with E-state index in [4.69, 9.17) is 27.2 Å². The fourth-order valence-corrected chi connectivity index (χ4v) is 3.62. The van der Waals surface area contributed by atoms with Crippen molar-refractivity contribution in [1.29, 1.82) is 0 Å². The predicted molar refractivity (Wildman–Crippen MR) is 93.2 cm³/mol. The van der Waals surface area contributed by atoms with Gasteiger partial charge < -0.3 is 10.8 Å². The molecule has 10 heteroatoms. The summed E-state index contributed by atoms with van der Waals surface area (Å²) in [7, 11) is 0. The van der Waals surface area contributed by atoms with Crippen LogP contribution in [0.5, 0.6) is 0 Å². The summed E-state index contributed by atoms with van der Waals surface area (Å²) in [5, 5.41) is 18.7. The fourth-order valence-electron chi connectivity index (χ4n) is 2.47. The van der Waals surface area contributed by atoms with E-state index in [0.29, 0.717) is 12.0 Å². The zero-order valence-electron chi connectivity index (χ0n) is 13.5. The van der Waals surface area contributed by atoms with Crippen molar-refractivity contribution in [2.75, 3.05) is 0 Å². The molecule has 0 amide bonds. The first kappa shape index (κ1) is 20.6. The quantitative estimate of drug-likeness (QED) is 0.766. The fraction of sp³-hybridized carbons (Fsp3) is 0.438. The molecule has 5 nitrogen and oxygen atoms in total. The minimum Gasteiger partial charge on any atom is -0.475 e. The number of halogens is 4. The van der Waals surface area contributed by atoms with Crippen LogP contribution in [0, 0.1) is 0 Å². The van der Waals surface area contributed by atoms with Crippen molar-refractivity contribution < 1.29 is 23.1 Å². The highest BCUT2D eigenvalue weighted by atomic mass is 35.5. The standard InChI is InChI=1S/C14H16ClN3S.C2HF3O2/c15-11-5-1-9(2-6-11)13-17-18-14(19-13)10-3-7-12(16)8-4-10;3-2(4,5)1(6)7/h1-2,5-6,10,12H,3-4,7-8,16H2;(H,6,7). The number of hydrogen-bond donors (Lipinski definition) is 2. The zero-order valence-corrected chi connectivity index (χ0v) is 15.1. The van der Waals surface area contributed by atoms with Gasteiger partial charge in [-0.05, 0) is 37.8 Å². The molecule has 26 heavy (non-hydrogen) atoms. The molecular formula is C16H17ClF3N3O2S. The molecule has 2 aromatic rings. The Morgan fingerprint density at radius 2 is 1.69 bits per heavy atom. The minimum absolute atomic E-state index is 0.375. The van der Waals surface area contributed by atoms with Gasteiger partial charge in [0.25, 0.3) is 0 Å². The van der Waals surface area contributed by atoms with Gasteiger partial charge in [-0.25, -0.2) is 4.79 Å². The van der Waals surface area contributed by atoms with Gasteiger partial charge in [-0.1, -0.05) is 35.1 Å².